The lowest BCUT2D eigenvalue weighted by atomic mass is 9.87. The second-order valence-corrected chi connectivity index (χ2v) is 10.4. The molecule has 1 aliphatic carbocycles. The number of carbonyl (C=O) groups excluding carboxylic acids is 1. The molecule has 0 radical (unpaired) electrons. The van der Waals surface area contributed by atoms with Crippen LogP contribution in [-0.4, -0.2) is 66.3 Å². The quantitative estimate of drug-likeness (QED) is 0.156. The number of aromatic nitrogens is 2. The summed E-state index contributed by atoms with van der Waals surface area (Å²) in [6.07, 6.45) is 7.62. The first-order valence-electron chi connectivity index (χ1n) is 14.8. The van der Waals surface area contributed by atoms with Crippen LogP contribution in [0.25, 0.3) is 10.9 Å². The van der Waals surface area contributed by atoms with Gasteiger partial charge in [-0.05, 0) is 45.3 Å². The largest absolute Gasteiger partial charge is 0.481 e. The number of nitrogens with two attached hydrogens (primary N) is 1. The molecular formula is C32H50F3N5O2. The Morgan fingerprint density at radius 3 is 2.48 bits per heavy atom. The number of ether oxygens (including phenoxy) is 1. The van der Waals surface area contributed by atoms with Crippen molar-refractivity contribution in [3.05, 3.63) is 54.4 Å². The van der Waals surface area contributed by atoms with Crippen molar-refractivity contribution < 1.29 is 22.7 Å². The van der Waals surface area contributed by atoms with Gasteiger partial charge in [-0.25, -0.2) is 4.99 Å². The van der Waals surface area contributed by atoms with E-state index in [0.717, 1.165) is 61.3 Å². The van der Waals surface area contributed by atoms with Crippen LogP contribution >= 0.6 is 0 Å². The molecule has 7 nitrogen and oxygen atoms in total. The molecule has 0 unspecified atom stereocenters. The van der Waals surface area contributed by atoms with Gasteiger partial charge in [0.25, 0.3) is 0 Å². The van der Waals surface area contributed by atoms with E-state index in [1.165, 1.54) is 51.1 Å². The monoisotopic (exact) mass is 593 g/mol. The van der Waals surface area contributed by atoms with Crippen molar-refractivity contribution in [1.29, 1.82) is 0 Å². The molecule has 1 aliphatic heterocycles. The summed E-state index contributed by atoms with van der Waals surface area (Å²) < 4.78 is 43.4. The van der Waals surface area contributed by atoms with E-state index < -0.39 is 12.6 Å². The van der Waals surface area contributed by atoms with Crippen LogP contribution in [-0.2, 0) is 11.8 Å². The Hall–Kier alpha value is -2.98. The van der Waals surface area contributed by atoms with Gasteiger partial charge in [0.15, 0.2) is 12.2 Å². The minimum Gasteiger partial charge on any atom is -0.481 e. The van der Waals surface area contributed by atoms with E-state index in [-0.39, 0.29) is 6.61 Å². The van der Waals surface area contributed by atoms with Crippen LogP contribution in [0.15, 0.2) is 53.8 Å². The second-order valence-electron chi connectivity index (χ2n) is 10.4. The third-order valence-corrected chi connectivity index (χ3v) is 7.35. The van der Waals surface area contributed by atoms with E-state index in [9.17, 15) is 18.0 Å². The zero-order valence-electron chi connectivity index (χ0n) is 25.9. The fourth-order valence-electron chi connectivity index (χ4n) is 5.10. The fourth-order valence-corrected chi connectivity index (χ4v) is 5.10. The van der Waals surface area contributed by atoms with Gasteiger partial charge in [0.05, 0.1) is 18.5 Å². The van der Waals surface area contributed by atoms with Crippen molar-refractivity contribution in [1.82, 2.24) is 14.7 Å². The predicted octanol–water partition coefficient (Wildman–Crippen LogP) is 7.48. The summed E-state index contributed by atoms with van der Waals surface area (Å²) in [5, 5.41) is 5.09. The number of aryl methyl sites for hydroxylation is 1. The second kappa shape index (κ2) is 20.0. The maximum absolute atomic E-state index is 12.2. The van der Waals surface area contributed by atoms with Gasteiger partial charge in [-0.3, -0.25) is 9.48 Å². The van der Waals surface area contributed by atoms with E-state index in [2.05, 4.69) is 40.8 Å². The zero-order chi connectivity index (χ0) is 31.5. The molecule has 1 aromatic heterocycles. The molecule has 1 saturated carbocycles. The number of alkyl halides is 3. The third kappa shape index (κ3) is 13.8. The molecule has 1 aromatic carbocycles. The normalized spacial score (nSPS) is 16.7. The molecule has 0 amide bonds. The van der Waals surface area contributed by atoms with E-state index >= 15 is 0 Å². The third-order valence-electron chi connectivity index (χ3n) is 7.35. The number of carbonyl (C=O) groups is 1. The van der Waals surface area contributed by atoms with Crippen molar-refractivity contribution in [2.75, 3.05) is 33.3 Å². The van der Waals surface area contributed by atoms with Crippen molar-refractivity contribution in [2.24, 2.45) is 23.7 Å². The number of hydrogen-bond acceptors (Lipinski definition) is 6. The number of aliphatic imine (C=N–C) groups is 1. The van der Waals surface area contributed by atoms with Gasteiger partial charge in [-0.15, -0.1) is 13.2 Å². The number of nitrogens with zero attached hydrogens (tertiary/aromatic N) is 4. The highest BCUT2D eigenvalue weighted by Gasteiger charge is 2.27. The lowest BCUT2D eigenvalue weighted by molar-refractivity contribution is -0.140. The lowest BCUT2D eigenvalue weighted by Gasteiger charge is -2.26. The summed E-state index contributed by atoms with van der Waals surface area (Å²) in [4.78, 5) is 17.6. The Morgan fingerprint density at radius 1 is 1.17 bits per heavy atom. The number of hydrogen-bond donors (Lipinski definition) is 1. The van der Waals surface area contributed by atoms with Crippen LogP contribution in [0, 0.1) is 5.92 Å². The Morgan fingerprint density at radius 2 is 1.83 bits per heavy atom. The van der Waals surface area contributed by atoms with Crippen LogP contribution < -0.4 is 5.73 Å². The molecule has 2 heterocycles. The number of halogens is 3. The molecule has 0 bridgehead atoms. The Balaban J connectivity index is 0.000000456. The highest BCUT2D eigenvalue weighted by atomic mass is 19.4. The molecular weight excluding hydrogens is 543 g/mol. The molecule has 2 aliphatic rings. The number of rotatable bonds is 7. The summed E-state index contributed by atoms with van der Waals surface area (Å²) in [5.74, 6) is 1.22. The molecule has 42 heavy (non-hydrogen) atoms. The Kier molecular flexibility index (Phi) is 17.7. The first-order chi connectivity index (χ1) is 20.1. The first kappa shape index (κ1) is 37.0. The number of benzene rings is 1. The Bertz CT molecular complexity index is 1120. The highest BCUT2D eigenvalue weighted by molar-refractivity contribution is 5.96. The predicted molar refractivity (Wildman–Crippen MR) is 167 cm³/mol. The first-order valence-corrected chi connectivity index (χ1v) is 14.8. The molecule has 2 N–H and O–H groups in total. The molecule has 1 fully saturated rings. The van der Waals surface area contributed by atoms with Crippen LogP contribution in [0.4, 0.5) is 13.2 Å². The van der Waals surface area contributed by atoms with Gasteiger partial charge in [-0.1, -0.05) is 49.8 Å². The average molecular weight is 594 g/mol. The van der Waals surface area contributed by atoms with Crippen LogP contribution in [0.3, 0.4) is 0 Å². The van der Waals surface area contributed by atoms with Gasteiger partial charge in [-0.2, -0.15) is 18.3 Å². The molecule has 2 aromatic rings. The molecule has 0 saturated heterocycles. The smallest absolute Gasteiger partial charge is 0.392 e. The Labute approximate surface area is 249 Å². The molecule has 236 valence electrons. The standard InChI is InChI=1S/C20H33F3N2O.C9H8N2O.C2H4.CH5N/c1-16-8-12-25(13-9-18-6-4-3-5-7-18)14-10-19(16)24-17(2)26-15-11-20(21,22)23;1-11-5-8-7(6-12)3-2-4-9(8)10-11;2*1-2/h18H,3-15H2,1-2H3;2-6H,1H3;1-2H2;2H2,1H3. The van der Waals surface area contributed by atoms with Crippen molar-refractivity contribution in [3.63, 3.8) is 0 Å². The van der Waals surface area contributed by atoms with Crippen molar-refractivity contribution in [3.8, 4) is 0 Å². The fraction of sp³-hybridized carbons (Fsp3) is 0.594. The maximum Gasteiger partial charge on any atom is 0.392 e. The van der Waals surface area contributed by atoms with Gasteiger partial charge in [0.2, 0.25) is 0 Å². The van der Waals surface area contributed by atoms with E-state index in [1.807, 2.05) is 25.4 Å². The summed E-state index contributed by atoms with van der Waals surface area (Å²) >= 11 is 0. The van der Waals surface area contributed by atoms with Gasteiger partial charge >= 0.3 is 6.18 Å². The summed E-state index contributed by atoms with van der Waals surface area (Å²) in [6, 6.07) is 5.51. The number of aldehydes is 1. The van der Waals surface area contributed by atoms with Gasteiger partial charge < -0.3 is 15.4 Å². The van der Waals surface area contributed by atoms with Gasteiger partial charge in [0.1, 0.15) is 0 Å². The van der Waals surface area contributed by atoms with E-state index in [1.54, 1.807) is 17.7 Å². The average Bonchev–Trinajstić information content (AvgIpc) is 3.29. The van der Waals surface area contributed by atoms with E-state index in [0.29, 0.717) is 11.5 Å². The molecule has 4 rings (SSSR count). The SMILES string of the molecule is C=C.CC(=NC1=C(C)CCN(CCC2CCCCC2)CC1)OCCC(F)(F)F.CN.Cn1cc2c(C=O)cccc2n1. The maximum atomic E-state index is 12.2. The summed E-state index contributed by atoms with van der Waals surface area (Å²) in [7, 11) is 3.34. The molecule has 0 atom stereocenters. The van der Waals surface area contributed by atoms with Crippen LogP contribution in [0.2, 0.25) is 0 Å². The van der Waals surface area contributed by atoms with Crippen molar-refractivity contribution >= 4 is 23.1 Å². The summed E-state index contributed by atoms with van der Waals surface area (Å²) in [6.45, 7) is 12.5. The topological polar surface area (TPSA) is 85.7 Å². The highest BCUT2D eigenvalue weighted by Crippen LogP contribution is 2.27. The number of fused-ring (bicyclic) bond motifs is 1. The van der Waals surface area contributed by atoms with Gasteiger partial charge in [0, 0.05) is 56.3 Å². The van der Waals surface area contributed by atoms with E-state index in [4.69, 9.17) is 4.74 Å². The molecule has 0 spiro atoms. The summed E-state index contributed by atoms with van der Waals surface area (Å²) in [5.41, 5.74) is 8.27. The zero-order valence-corrected chi connectivity index (χ0v) is 25.9. The minimum atomic E-state index is -4.18. The lowest BCUT2D eigenvalue weighted by Crippen LogP contribution is -2.28. The van der Waals surface area contributed by atoms with Crippen LogP contribution in [0.5, 0.6) is 0 Å². The minimum absolute atomic E-state index is 0.333. The molecule has 10 heteroatoms. The van der Waals surface area contributed by atoms with Crippen molar-refractivity contribution in [2.45, 2.75) is 77.8 Å². The van der Waals surface area contributed by atoms with Crippen LogP contribution in [0.1, 0.15) is 82.0 Å².